The van der Waals surface area contributed by atoms with Gasteiger partial charge in [-0.3, -0.25) is 9.59 Å². The molecule has 3 N–H and O–H groups in total. The highest BCUT2D eigenvalue weighted by atomic mass is 16.4. The third-order valence-electron chi connectivity index (χ3n) is 2.13. The number of carbonyl (C=O) groups excluding carboxylic acids is 1. The van der Waals surface area contributed by atoms with Crippen molar-refractivity contribution in [2.75, 3.05) is 0 Å². The smallest absolute Gasteiger partial charge is 0.326 e. The van der Waals surface area contributed by atoms with Crippen LogP contribution in [0.3, 0.4) is 0 Å². The van der Waals surface area contributed by atoms with Crippen LogP contribution in [-0.4, -0.2) is 34.1 Å². The predicted molar refractivity (Wildman–Crippen MR) is 60.5 cm³/mol. The van der Waals surface area contributed by atoms with Gasteiger partial charge in [-0.05, 0) is 18.8 Å². The lowest BCUT2D eigenvalue weighted by Gasteiger charge is -2.16. The van der Waals surface area contributed by atoms with Gasteiger partial charge in [0.15, 0.2) is 0 Å². The second-order valence-corrected chi connectivity index (χ2v) is 4.34. The molecule has 1 amide bonds. The molecule has 0 aromatic heterocycles. The minimum atomic E-state index is -1.06. The van der Waals surface area contributed by atoms with Crippen molar-refractivity contribution >= 4 is 17.8 Å². The number of aliphatic carboxylic acids is 2. The Hall–Kier alpha value is -1.59. The molecule has 17 heavy (non-hydrogen) atoms. The van der Waals surface area contributed by atoms with E-state index in [0.717, 1.165) is 0 Å². The molecule has 0 aliphatic carbocycles. The van der Waals surface area contributed by atoms with Crippen molar-refractivity contribution in [1.29, 1.82) is 0 Å². The molecule has 0 aliphatic rings. The first kappa shape index (κ1) is 15.4. The third kappa shape index (κ3) is 8.24. The maximum Gasteiger partial charge on any atom is 0.326 e. The highest BCUT2D eigenvalue weighted by Crippen LogP contribution is 2.05. The second kappa shape index (κ2) is 7.65. The third-order valence-corrected chi connectivity index (χ3v) is 2.13. The molecule has 0 aromatic carbocycles. The van der Waals surface area contributed by atoms with Gasteiger partial charge in [0.25, 0.3) is 0 Å². The average Bonchev–Trinajstić information content (AvgIpc) is 2.15. The van der Waals surface area contributed by atoms with Crippen LogP contribution in [0.4, 0.5) is 0 Å². The summed E-state index contributed by atoms with van der Waals surface area (Å²) in [5, 5.41) is 19.7. The minimum Gasteiger partial charge on any atom is -0.481 e. The number of carboxylic acids is 2. The fourth-order valence-corrected chi connectivity index (χ4v) is 1.36. The van der Waals surface area contributed by atoms with Crippen molar-refractivity contribution in [1.82, 2.24) is 5.32 Å². The first-order valence-electron chi connectivity index (χ1n) is 5.57. The van der Waals surface area contributed by atoms with Gasteiger partial charge in [-0.2, -0.15) is 0 Å². The average molecular weight is 245 g/mol. The Kier molecular flexibility index (Phi) is 6.93. The molecule has 0 saturated heterocycles. The lowest BCUT2D eigenvalue weighted by atomic mass is 10.0. The largest absolute Gasteiger partial charge is 0.481 e. The standard InChI is InChI=1S/C11H19NO5/c1-7(2)6-8(11(16)17)12-9(13)4-3-5-10(14)15/h7-8H,3-6H2,1-2H3,(H,12,13)(H,14,15)(H,16,17)/t8-/m1/s1. The molecule has 6 nitrogen and oxygen atoms in total. The molecule has 0 unspecified atom stereocenters. The van der Waals surface area contributed by atoms with E-state index in [1.807, 2.05) is 13.8 Å². The molecule has 0 heterocycles. The first-order valence-corrected chi connectivity index (χ1v) is 5.57. The molecule has 0 aliphatic heterocycles. The Labute approximate surface area is 100 Å². The molecular formula is C11H19NO5. The summed E-state index contributed by atoms with van der Waals surface area (Å²) in [4.78, 5) is 32.4. The summed E-state index contributed by atoms with van der Waals surface area (Å²) in [6.45, 7) is 3.74. The molecule has 0 aromatic rings. The van der Waals surface area contributed by atoms with Crippen LogP contribution < -0.4 is 5.32 Å². The summed E-state index contributed by atoms with van der Waals surface area (Å²) in [6, 6.07) is -0.896. The van der Waals surface area contributed by atoms with Crippen LogP contribution in [0.15, 0.2) is 0 Å². The maximum atomic E-state index is 11.4. The molecule has 98 valence electrons. The van der Waals surface area contributed by atoms with Gasteiger partial charge in [-0.1, -0.05) is 13.8 Å². The maximum absolute atomic E-state index is 11.4. The summed E-state index contributed by atoms with van der Waals surface area (Å²) in [5.74, 6) is -2.28. The number of amides is 1. The molecule has 0 saturated carbocycles. The van der Waals surface area contributed by atoms with E-state index in [4.69, 9.17) is 10.2 Å². The number of carbonyl (C=O) groups is 3. The lowest BCUT2D eigenvalue weighted by molar-refractivity contribution is -0.142. The van der Waals surface area contributed by atoms with Gasteiger partial charge < -0.3 is 15.5 Å². The topological polar surface area (TPSA) is 104 Å². The van der Waals surface area contributed by atoms with Crippen LogP contribution in [0.2, 0.25) is 0 Å². The van der Waals surface area contributed by atoms with Crippen molar-refractivity contribution < 1.29 is 24.6 Å². The fourth-order valence-electron chi connectivity index (χ4n) is 1.36. The van der Waals surface area contributed by atoms with Gasteiger partial charge in [0, 0.05) is 12.8 Å². The quantitative estimate of drug-likeness (QED) is 0.588. The number of hydrogen-bond donors (Lipinski definition) is 3. The van der Waals surface area contributed by atoms with E-state index < -0.39 is 23.9 Å². The number of rotatable bonds is 8. The molecule has 0 bridgehead atoms. The summed E-state index contributed by atoms with van der Waals surface area (Å²) in [7, 11) is 0. The zero-order chi connectivity index (χ0) is 13.4. The number of nitrogens with one attached hydrogen (secondary N) is 1. The van der Waals surface area contributed by atoms with E-state index >= 15 is 0 Å². The monoisotopic (exact) mass is 245 g/mol. The van der Waals surface area contributed by atoms with E-state index in [-0.39, 0.29) is 25.2 Å². The molecule has 0 rings (SSSR count). The SMILES string of the molecule is CC(C)C[C@@H](NC(=O)CCCC(=O)O)C(=O)O. The van der Waals surface area contributed by atoms with Crippen LogP contribution in [0.5, 0.6) is 0 Å². The summed E-state index contributed by atoms with van der Waals surface area (Å²) < 4.78 is 0. The molecule has 0 radical (unpaired) electrons. The molecule has 6 heteroatoms. The van der Waals surface area contributed by atoms with Crippen LogP contribution in [-0.2, 0) is 14.4 Å². The van der Waals surface area contributed by atoms with Crippen LogP contribution >= 0.6 is 0 Å². The molecule has 1 atom stereocenters. The molecule has 0 spiro atoms. The predicted octanol–water partition coefficient (Wildman–Crippen LogP) is 0.857. The molecule has 0 fully saturated rings. The zero-order valence-corrected chi connectivity index (χ0v) is 10.1. The Morgan fingerprint density at radius 2 is 1.71 bits per heavy atom. The highest BCUT2D eigenvalue weighted by Gasteiger charge is 2.20. The number of carboxylic acid groups (broad SMARTS) is 2. The lowest BCUT2D eigenvalue weighted by Crippen LogP contribution is -2.41. The van der Waals surface area contributed by atoms with E-state index in [2.05, 4.69) is 5.32 Å². The van der Waals surface area contributed by atoms with E-state index in [0.29, 0.717) is 6.42 Å². The summed E-state index contributed by atoms with van der Waals surface area (Å²) in [5.41, 5.74) is 0. The van der Waals surface area contributed by atoms with E-state index in [1.165, 1.54) is 0 Å². The minimum absolute atomic E-state index is 0.0359. The first-order chi connectivity index (χ1) is 7.82. The number of hydrogen-bond acceptors (Lipinski definition) is 3. The zero-order valence-electron chi connectivity index (χ0n) is 10.1. The van der Waals surface area contributed by atoms with E-state index in [1.54, 1.807) is 0 Å². The molecular weight excluding hydrogens is 226 g/mol. The van der Waals surface area contributed by atoms with Gasteiger partial charge in [0.05, 0.1) is 0 Å². The highest BCUT2D eigenvalue weighted by molar-refractivity contribution is 5.83. The van der Waals surface area contributed by atoms with Crippen molar-refractivity contribution in [2.45, 2.75) is 45.6 Å². The Bertz CT molecular complexity index is 288. The Morgan fingerprint density at radius 1 is 1.12 bits per heavy atom. The fraction of sp³-hybridized carbons (Fsp3) is 0.727. The van der Waals surface area contributed by atoms with Gasteiger partial charge in [0.1, 0.15) is 6.04 Å². The van der Waals surface area contributed by atoms with Crippen molar-refractivity contribution in [3.63, 3.8) is 0 Å². The van der Waals surface area contributed by atoms with Crippen molar-refractivity contribution in [3.05, 3.63) is 0 Å². The van der Waals surface area contributed by atoms with Crippen LogP contribution in [0, 0.1) is 5.92 Å². The van der Waals surface area contributed by atoms with Crippen molar-refractivity contribution in [2.24, 2.45) is 5.92 Å². The van der Waals surface area contributed by atoms with Crippen LogP contribution in [0.1, 0.15) is 39.5 Å². The van der Waals surface area contributed by atoms with Crippen molar-refractivity contribution in [3.8, 4) is 0 Å². The second-order valence-electron chi connectivity index (χ2n) is 4.34. The summed E-state index contributed by atoms with van der Waals surface area (Å²) in [6.07, 6.45) is 0.526. The van der Waals surface area contributed by atoms with Gasteiger partial charge in [0.2, 0.25) is 5.91 Å². The Balaban J connectivity index is 4.04. The van der Waals surface area contributed by atoms with Gasteiger partial charge in [-0.15, -0.1) is 0 Å². The van der Waals surface area contributed by atoms with Crippen LogP contribution in [0.25, 0.3) is 0 Å². The normalized spacial score (nSPS) is 12.2. The summed E-state index contributed by atoms with van der Waals surface area (Å²) >= 11 is 0. The van der Waals surface area contributed by atoms with E-state index in [9.17, 15) is 14.4 Å². The van der Waals surface area contributed by atoms with Gasteiger partial charge in [-0.25, -0.2) is 4.79 Å². The Morgan fingerprint density at radius 3 is 2.12 bits per heavy atom. The van der Waals surface area contributed by atoms with Gasteiger partial charge >= 0.3 is 11.9 Å².